The van der Waals surface area contributed by atoms with Gasteiger partial charge >= 0.3 is 0 Å². The van der Waals surface area contributed by atoms with E-state index in [2.05, 4.69) is 66.5 Å². The molecule has 0 unspecified atom stereocenters. The minimum Gasteiger partial charge on any atom is -0.326 e. The Morgan fingerprint density at radius 3 is 2.68 bits per heavy atom. The molecule has 0 amide bonds. The summed E-state index contributed by atoms with van der Waals surface area (Å²) in [5.41, 5.74) is 6.43. The van der Waals surface area contributed by atoms with Crippen molar-refractivity contribution in [3.05, 3.63) is 36.0 Å². The fourth-order valence-corrected chi connectivity index (χ4v) is 3.50. The summed E-state index contributed by atoms with van der Waals surface area (Å²) in [6.07, 6.45) is 8.73. The summed E-state index contributed by atoms with van der Waals surface area (Å²) in [6.45, 7) is 3.30. The van der Waals surface area contributed by atoms with Crippen molar-refractivity contribution in [3.8, 4) is 0 Å². The molecule has 2 aromatic rings. The number of hydrogen-bond donors (Lipinski definition) is 1. The molecule has 0 saturated heterocycles. The van der Waals surface area contributed by atoms with Crippen molar-refractivity contribution in [2.24, 2.45) is 0 Å². The van der Waals surface area contributed by atoms with Crippen LogP contribution < -0.4 is 5.43 Å². The first-order valence-corrected chi connectivity index (χ1v) is 8.71. The van der Waals surface area contributed by atoms with Crippen molar-refractivity contribution in [2.75, 3.05) is 26.1 Å². The van der Waals surface area contributed by atoms with Gasteiger partial charge in [0.1, 0.15) is 0 Å². The average Bonchev–Trinajstić information content (AvgIpc) is 2.81. The summed E-state index contributed by atoms with van der Waals surface area (Å²) in [4.78, 5) is 2.36. The number of benzene rings is 1. The molecule has 0 bridgehead atoms. The van der Waals surface area contributed by atoms with Gasteiger partial charge in [-0.15, -0.1) is 0 Å². The highest BCUT2D eigenvalue weighted by molar-refractivity contribution is 5.85. The van der Waals surface area contributed by atoms with Crippen LogP contribution in [0.4, 0.5) is 0 Å². The fourth-order valence-electron chi connectivity index (χ4n) is 3.50. The molecule has 1 heterocycles. The zero-order chi connectivity index (χ0) is 15.5. The largest absolute Gasteiger partial charge is 0.326 e. The van der Waals surface area contributed by atoms with Crippen molar-refractivity contribution < 1.29 is 0 Å². The predicted molar refractivity (Wildman–Crippen MR) is 95.1 cm³/mol. The molecule has 1 fully saturated rings. The number of unbranched alkanes of at least 4 members (excludes halogenated alkanes) is 2. The first kappa shape index (κ1) is 15.4. The van der Waals surface area contributed by atoms with Crippen LogP contribution in [0.5, 0.6) is 0 Å². The van der Waals surface area contributed by atoms with Crippen LogP contribution in [0.3, 0.4) is 0 Å². The van der Waals surface area contributed by atoms with Gasteiger partial charge in [-0.25, -0.2) is 0 Å². The van der Waals surface area contributed by atoms with E-state index in [-0.39, 0.29) is 0 Å². The normalized spacial score (nSPS) is 21.3. The van der Waals surface area contributed by atoms with Gasteiger partial charge < -0.3 is 10.3 Å². The Kier molecular flexibility index (Phi) is 4.72. The molecule has 0 aliphatic heterocycles. The number of nitrogens with zero attached hydrogens (tertiary/aromatic N) is 2. The Labute approximate surface area is 134 Å². The predicted octanol–water partition coefficient (Wildman–Crippen LogP) is 4.18. The topological polar surface area (TPSA) is 20.2 Å². The number of aromatic nitrogens is 1. The number of hydrogen-bond acceptors (Lipinski definition) is 2. The molecule has 1 saturated carbocycles. The van der Waals surface area contributed by atoms with E-state index in [0.717, 1.165) is 18.5 Å². The van der Waals surface area contributed by atoms with Gasteiger partial charge in [-0.2, -0.15) is 0 Å². The van der Waals surface area contributed by atoms with Crippen LogP contribution >= 0.6 is 0 Å². The molecule has 1 N–H and O–H groups in total. The molecule has 1 aliphatic rings. The summed E-state index contributed by atoms with van der Waals surface area (Å²) < 4.78 is 2.25. The maximum absolute atomic E-state index is 3.59. The molecule has 3 rings (SSSR count). The smallest absolute Gasteiger partial charge is 0.0695 e. The molecule has 0 spiro atoms. The third-order valence-electron chi connectivity index (χ3n) is 5.09. The van der Waals surface area contributed by atoms with Gasteiger partial charge in [-0.1, -0.05) is 38.0 Å². The highest BCUT2D eigenvalue weighted by atomic mass is 15.4. The lowest BCUT2D eigenvalue weighted by atomic mass is 9.75. The summed E-state index contributed by atoms with van der Waals surface area (Å²) in [5.74, 6) is 0.719. The van der Waals surface area contributed by atoms with Gasteiger partial charge in [-0.05, 0) is 50.9 Å². The van der Waals surface area contributed by atoms with Gasteiger partial charge in [0.2, 0.25) is 0 Å². The van der Waals surface area contributed by atoms with Gasteiger partial charge in [0, 0.05) is 24.2 Å². The highest BCUT2D eigenvalue weighted by Gasteiger charge is 2.33. The van der Waals surface area contributed by atoms with Crippen molar-refractivity contribution in [2.45, 2.75) is 51.0 Å². The van der Waals surface area contributed by atoms with E-state index in [1.807, 2.05) is 0 Å². The minimum atomic E-state index is 0.719. The molecule has 1 aromatic carbocycles. The third kappa shape index (κ3) is 3.00. The van der Waals surface area contributed by atoms with E-state index in [0.29, 0.717) is 0 Å². The molecule has 0 atom stereocenters. The molecule has 1 aliphatic carbocycles. The quantitative estimate of drug-likeness (QED) is 0.774. The molecule has 120 valence electrons. The number of nitrogens with one attached hydrogen (secondary N) is 1. The van der Waals surface area contributed by atoms with Gasteiger partial charge in [0.15, 0.2) is 0 Å². The minimum absolute atomic E-state index is 0.719. The van der Waals surface area contributed by atoms with Crippen molar-refractivity contribution in [3.63, 3.8) is 0 Å². The standard InChI is InChI=1S/C19H29N3/c1-4-5-8-11-20-22-14-18(15-12-16(13-15)21(2)3)17-9-6-7-10-19(17)22/h6-7,9-10,14-16,20H,4-5,8,11-13H2,1-3H3. The SMILES string of the molecule is CCCCCNn1cc(C2CC(N(C)C)C2)c2ccccc21. The second-order valence-corrected chi connectivity index (χ2v) is 6.87. The van der Waals surface area contributed by atoms with Gasteiger partial charge in [0.25, 0.3) is 0 Å². The second kappa shape index (κ2) is 6.74. The van der Waals surface area contributed by atoms with Crippen LogP contribution in [-0.4, -0.2) is 36.3 Å². The maximum atomic E-state index is 3.59. The lowest BCUT2D eigenvalue weighted by Crippen LogP contribution is -2.39. The summed E-state index contributed by atoms with van der Waals surface area (Å²) in [6, 6.07) is 9.56. The average molecular weight is 299 g/mol. The van der Waals surface area contributed by atoms with E-state index in [1.54, 1.807) is 0 Å². The molecule has 22 heavy (non-hydrogen) atoms. The van der Waals surface area contributed by atoms with Gasteiger partial charge in [0.05, 0.1) is 5.52 Å². The zero-order valence-corrected chi connectivity index (χ0v) is 14.2. The number of para-hydroxylation sites is 1. The monoisotopic (exact) mass is 299 g/mol. The van der Waals surface area contributed by atoms with Crippen LogP contribution in [0.2, 0.25) is 0 Å². The van der Waals surface area contributed by atoms with Crippen LogP contribution in [0.15, 0.2) is 30.5 Å². The number of fused-ring (bicyclic) bond motifs is 1. The highest BCUT2D eigenvalue weighted by Crippen LogP contribution is 2.42. The van der Waals surface area contributed by atoms with E-state index in [9.17, 15) is 0 Å². The molecule has 0 radical (unpaired) electrons. The molecular formula is C19H29N3. The Morgan fingerprint density at radius 1 is 1.18 bits per heavy atom. The Morgan fingerprint density at radius 2 is 1.95 bits per heavy atom. The molecule has 1 aromatic heterocycles. The third-order valence-corrected chi connectivity index (χ3v) is 5.09. The second-order valence-electron chi connectivity index (χ2n) is 6.87. The molecule has 3 nitrogen and oxygen atoms in total. The van der Waals surface area contributed by atoms with Crippen LogP contribution in [-0.2, 0) is 0 Å². The Hall–Kier alpha value is -1.48. The van der Waals surface area contributed by atoms with Crippen LogP contribution in [0.25, 0.3) is 10.9 Å². The summed E-state index contributed by atoms with van der Waals surface area (Å²) >= 11 is 0. The maximum Gasteiger partial charge on any atom is 0.0695 e. The van der Waals surface area contributed by atoms with E-state index in [4.69, 9.17) is 0 Å². The van der Waals surface area contributed by atoms with Crippen molar-refractivity contribution in [1.29, 1.82) is 0 Å². The zero-order valence-electron chi connectivity index (χ0n) is 14.2. The Balaban J connectivity index is 1.76. The lowest BCUT2D eigenvalue weighted by Gasteiger charge is -2.39. The van der Waals surface area contributed by atoms with Crippen LogP contribution in [0.1, 0.15) is 50.5 Å². The van der Waals surface area contributed by atoms with Crippen molar-refractivity contribution in [1.82, 2.24) is 9.58 Å². The molecule has 3 heteroatoms. The van der Waals surface area contributed by atoms with E-state index in [1.165, 1.54) is 48.6 Å². The van der Waals surface area contributed by atoms with Gasteiger partial charge in [-0.3, -0.25) is 4.68 Å². The van der Waals surface area contributed by atoms with E-state index < -0.39 is 0 Å². The number of rotatable bonds is 7. The lowest BCUT2D eigenvalue weighted by molar-refractivity contribution is 0.167. The van der Waals surface area contributed by atoms with Crippen molar-refractivity contribution >= 4 is 10.9 Å². The Bertz CT molecular complexity index is 608. The first-order valence-electron chi connectivity index (χ1n) is 8.71. The van der Waals surface area contributed by atoms with E-state index >= 15 is 0 Å². The molecular weight excluding hydrogens is 270 g/mol. The summed E-state index contributed by atoms with van der Waals surface area (Å²) in [7, 11) is 4.39. The first-order chi connectivity index (χ1) is 10.7. The van der Waals surface area contributed by atoms with Crippen LogP contribution in [0, 0.1) is 0 Å². The fraction of sp³-hybridized carbons (Fsp3) is 0.579. The summed E-state index contributed by atoms with van der Waals surface area (Å²) in [5, 5.41) is 1.42.